The average molecular weight is 446 g/mol. The summed E-state index contributed by atoms with van der Waals surface area (Å²) in [6, 6.07) is 18.0. The van der Waals surface area contributed by atoms with E-state index in [-0.39, 0.29) is 18.1 Å². The topological polar surface area (TPSA) is 88.5 Å². The van der Waals surface area contributed by atoms with Crippen LogP contribution in [0.25, 0.3) is 11.3 Å². The van der Waals surface area contributed by atoms with Crippen LogP contribution in [-0.2, 0) is 0 Å². The molecule has 3 aromatic rings. The third kappa shape index (κ3) is 4.58. The van der Waals surface area contributed by atoms with E-state index < -0.39 is 4.92 Å². The number of rotatable bonds is 4. The number of nitro groups is 1. The van der Waals surface area contributed by atoms with Gasteiger partial charge in [-0.3, -0.25) is 10.1 Å². The van der Waals surface area contributed by atoms with Crippen molar-refractivity contribution in [2.45, 2.75) is 0 Å². The van der Waals surface area contributed by atoms with Gasteiger partial charge in [0.2, 0.25) is 0 Å². The smallest absolute Gasteiger partial charge is 0.269 e. The molecular formula is C21H21Cl2N5O2. The van der Waals surface area contributed by atoms with Crippen LogP contribution in [0.2, 0.25) is 5.02 Å². The lowest BCUT2D eigenvalue weighted by Crippen LogP contribution is -2.46. The zero-order valence-corrected chi connectivity index (χ0v) is 17.6. The highest BCUT2D eigenvalue weighted by molar-refractivity contribution is 6.33. The van der Waals surface area contributed by atoms with E-state index in [2.05, 4.69) is 14.8 Å². The third-order valence-corrected chi connectivity index (χ3v) is 5.36. The van der Waals surface area contributed by atoms with Gasteiger partial charge < -0.3 is 15.5 Å². The molecule has 1 aromatic heterocycles. The Morgan fingerprint density at radius 2 is 1.60 bits per heavy atom. The van der Waals surface area contributed by atoms with Gasteiger partial charge in [0.1, 0.15) is 5.82 Å². The molecule has 0 amide bonds. The molecule has 156 valence electrons. The molecule has 30 heavy (non-hydrogen) atoms. The minimum atomic E-state index is -0.416. The van der Waals surface area contributed by atoms with Crippen molar-refractivity contribution in [3.8, 4) is 11.3 Å². The van der Waals surface area contributed by atoms with Crippen molar-refractivity contribution in [1.29, 1.82) is 0 Å². The number of hydrogen-bond acceptors (Lipinski definition) is 6. The number of hydrogen-bond donors (Lipinski definition) is 1. The van der Waals surface area contributed by atoms with Gasteiger partial charge in [-0.25, -0.2) is 4.98 Å². The van der Waals surface area contributed by atoms with Gasteiger partial charge >= 0.3 is 0 Å². The van der Waals surface area contributed by atoms with E-state index in [0.717, 1.165) is 48.1 Å². The van der Waals surface area contributed by atoms with Gasteiger partial charge in [-0.15, -0.1) is 12.4 Å². The quantitative estimate of drug-likeness (QED) is 0.464. The Hall–Kier alpha value is -3.03. The highest BCUT2D eigenvalue weighted by Crippen LogP contribution is 2.30. The fourth-order valence-corrected chi connectivity index (χ4v) is 3.79. The molecule has 2 aromatic carbocycles. The monoisotopic (exact) mass is 445 g/mol. The number of para-hydroxylation sites is 1. The number of nitro benzene ring substituents is 1. The second kappa shape index (κ2) is 9.19. The Kier molecular flexibility index (Phi) is 6.64. The average Bonchev–Trinajstić information content (AvgIpc) is 2.74. The Bertz CT molecular complexity index is 1040. The number of anilines is 3. The third-order valence-electron chi connectivity index (χ3n) is 5.04. The first kappa shape index (κ1) is 21.7. The van der Waals surface area contributed by atoms with Crippen molar-refractivity contribution < 1.29 is 4.92 Å². The molecule has 2 heterocycles. The van der Waals surface area contributed by atoms with Crippen molar-refractivity contribution in [3.05, 3.63) is 75.8 Å². The highest BCUT2D eigenvalue weighted by Gasteiger charge is 2.20. The van der Waals surface area contributed by atoms with Gasteiger partial charge in [-0.05, 0) is 30.3 Å². The van der Waals surface area contributed by atoms with Gasteiger partial charge in [0.15, 0.2) is 0 Å². The first-order valence-corrected chi connectivity index (χ1v) is 9.66. The fourth-order valence-electron chi connectivity index (χ4n) is 3.53. The highest BCUT2D eigenvalue weighted by atomic mass is 35.5. The van der Waals surface area contributed by atoms with E-state index >= 15 is 0 Å². The molecule has 2 N–H and O–H groups in total. The number of non-ortho nitro benzene ring substituents is 1. The van der Waals surface area contributed by atoms with Crippen LogP contribution in [0.5, 0.6) is 0 Å². The van der Waals surface area contributed by atoms with Gasteiger partial charge in [0.05, 0.1) is 21.3 Å². The zero-order valence-electron chi connectivity index (χ0n) is 16.1. The van der Waals surface area contributed by atoms with Crippen molar-refractivity contribution >= 4 is 46.9 Å². The Morgan fingerprint density at radius 3 is 2.23 bits per heavy atom. The predicted molar refractivity (Wildman–Crippen MR) is 124 cm³/mol. The summed E-state index contributed by atoms with van der Waals surface area (Å²) in [6.07, 6.45) is 0. The van der Waals surface area contributed by atoms with E-state index in [0.29, 0.717) is 11.5 Å². The number of halogens is 2. The first-order chi connectivity index (χ1) is 14.0. The number of nitrogens with zero attached hydrogens (tertiary/aromatic N) is 4. The van der Waals surface area contributed by atoms with Crippen LogP contribution in [0, 0.1) is 10.1 Å². The number of pyridine rings is 1. The summed E-state index contributed by atoms with van der Waals surface area (Å²) in [5.74, 6) is 0.421. The zero-order chi connectivity index (χ0) is 20.4. The largest absolute Gasteiger partial charge is 0.384 e. The lowest BCUT2D eigenvalue weighted by molar-refractivity contribution is -0.384. The molecule has 1 aliphatic heterocycles. The molecule has 0 atom stereocenters. The predicted octanol–water partition coefficient (Wildman–Crippen LogP) is 4.64. The molecule has 0 bridgehead atoms. The lowest BCUT2D eigenvalue weighted by atomic mass is 10.1. The molecule has 0 unspecified atom stereocenters. The van der Waals surface area contributed by atoms with Gasteiger partial charge in [-0.2, -0.15) is 0 Å². The maximum atomic E-state index is 10.9. The summed E-state index contributed by atoms with van der Waals surface area (Å²) >= 11 is 6.33. The van der Waals surface area contributed by atoms with Crippen LogP contribution in [-0.4, -0.2) is 36.1 Å². The number of benzene rings is 2. The summed E-state index contributed by atoms with van der Waals surface area (Å²) in [6.45, 7) is 3.35. The molecular weight excluding hydrogens is 425 g/mol. The second-order valence-corrected chi connectivity index (χ2v) is 7.27. The molecule has 0 saturated carbocycles. The Balaban J connectivity index is 0.00000256. The van der Waals surface area contributed by atoms with Crippen molar-refractivity contribution in [2.75, 3.05) is 41.7 Å². The summed E-state index contributed by atoms with van der Waals surface area (Å²) in [5.41, 5.74) is 9.62. The van der Waals surface area contributed by atoms with Crippen molar-refractivity contribution in [2.24, 2.45) is 0 Å². The molecule has 1 saturated heterocycles. The summed E-state index contributed by atoms with van der Waals surface area (Å²) < 4.78 is 0. The standard InChI is InChI=1S/C21H20ClN5O2.ClH/c22-18-3-1-2-4-20(18)26-11-9-25(10-12-26)17-13-19(24-21(23)14-17)15-5-7-16(8-6-15)27(28)29;/h1-8,13-14H,9-12H2,(H2,23,24);1H. The molecule has 1 aliphatic rings. The summed E-state index contributed by atoms with van der Waals surface area (Å²) in [7, 11) is 0. The normalized spacial score (nSPS) is 13.6. The summed E-state index contributed by atoms with van der Waals surface area (Å²) in [5, 5.41) is 11.6. The number of nitrogen functional groups attached to an aromatic ring is 1. The first-order valence-electron chi connectivity index (χ1n) is 9.28. The molecule has 9 heteroatoms. The van der Waals surface area contributed by atoms with E-state index in [1.54, 1.807) is 12.1 Å². The van der Waals surface area contributed by atoms with Crippen LogP contribution >= 0.6 is 24.0 Å². The van der Waals surface area contributed by atoms with Crippen LogP contribution in [0.1, 0.15) is 0 Å². The van der Waals surface area contributed by atoms with Crippen LogP contribution in [0.3, 0.4) is 0 Å². The van der Waals surface area contributed by atoms with Crippen LogP contribution in [0.15, 0.2) is 60.7 Å². The van der Waals surface area contributed by atoms with E-state index in [1.165, 1.54) is 12.1 Å². The van der Waals surface area contributed by atoms with Crippen molar-refractivity contribution in [1.82, 2.24) is 4.98 Å². The number of aromatic nitrogens is 1. The molecule has 4 rings (SSSR count). The summed E-state index contributed by atoms with van der Waals surface area (Å²) in [4.78, 5) is 19.4. The maximum Gasteiger partial charge on any atom is 0.269 e. The lowest BCUT2D eigenvalue weighted by Gasteiger charge is -2.37. The molecule has 0 aliphatic carbocycles. The molecule has 7 nitrogen and oxygen atoms in total. The molecule has 1 fully saturated rings. The maximum absolute atomic E-state index is 10.9. The van der Waals surface area contributed by atoms with Crippen LogP contribution in [0.4, 0.5) is 22.9 Å². The Morgan fingerprint density at radius 1 is 0.967 bits per heavy atom. The second-order valence-electron chi connectivity index (χ2n) is 6.86. The fraction of sp³-hybridized carbons (Fsp3) is 0.190. The van der Waals surface area contributed by atoms with Gasteiger partial charge in [-0.1, -0.05) is 23.7 Å². The van der Waals surface area contributed by atoms with Crippen LogP contribution < -0.4 is 15.5 Å². The molecule has 0 radical (unpaired) electrons. The SMILES string of the molecule is Cl.Nc1cc(N2CCN(c3ccccc3Cl)CC2)cc(-c2ccc([N+](=O)[O-])cc2)n1. The minimum Gasteiger partial charge on any atom is -0.384 e. The van der Waals surface area contributed by atoms with Gasteiger partial charge in [0.25, 0.3) is 5.69 Å². The van der Waals surface area contributed by atoms with E-state index in [4.69, 9.17) is 17.3 Å². The molecule has 0 spiro atoms. The van der Waals surface area contributed by atoms with Gasteiger partial charge in [0, 0.05) is 55.6 Å². The Labute approximate surface area is 185 Å². The van der Waals surface area contributed by atoms with E-state index in [1.807, 2.05) is 36.4 Å². The number of piperazine rings is 1. The number of nitrogens with two attached hydrogens (primary N) is 1. The minimum absolute atomic E-state index is 0. The van der Waals surface area contributed by atoms with Crippen molar-refractivity contribution in [3.63, 3.8) is 0 Å². The van der Waals surface area contributed by atoms with E-state index in [9.17, 15) is 10.1 Å².